The van der Waals surface area contributed by atoms with Gasteiger partial charge < -0.3 is 4.79 Å². The van der Waals surface area contributed by atoms with E-state index in [1.807, 2.05) is 19.9 Å². The van der Waals surface area contributed by atoms with Gasteiger partial charge in [0.05, 0.1) is 11.7 Å². The van der Waals surface area contributed by atoms with Crippen LogP contribution in [0.5, 0.6) is 0 Å². The highest BCUT2D eigenvalue weighted by Gasteiger charge is 2.38. The van der Waals surface area contributed by atoms with Crippen LogP contribution in [-0.2, 0) is 4.79 Å². The van der Waals surface area contributed by atoms with Crippen LogP contribution < -0.4 is 0 Å². The smallest absolute Gasteiger partial charge is 0.127 e. The maximum atomic E-state index is 11.1. The monoisotopic (exact) mass is 207 g/mol. The molecule has 0 radical (unpaired) electrons. The largest absolute Gasteiger partial charge is 0.303 e. The van der Waals surface area contributed by atoms with Crippen LogP contribution in [0.4, 0.5) is 0 Å². The molecule has 0 spiro atoms. The highest BCUT2D eigenvalue weighted by atomic mass is 16.1. The summed E-state index contributed by atoms with van der Waals surface area (Å²) in [5, 5.41) is 6.94. The Bertz CT molecular complexity index is 328. The van der Waals surface area contributed by atoms with E-state index in [9.17, 15) is 4.79 Å². The third kappa shape index (κ3) is 1.81. The normalized spacial score (nSPS) is 19.6. The lowest BCUT2D eigenvalue weighted by atomic mass is 9.81. The van der Waals surface area contributed by atoms with Crippen LogP contribution >= 0.6 is 0 Å². The molecule has 1 aromatic rings. The molecular weight excluding hydrogens is 190 g/mol. The molecule has 0 saturated carbocycles. The molecule has 1 aliphatic rings. The lowest BCUT2D eigenvalue weighted by molar-refractivity contribution is -0.119. The van der Waals surface area contributed by atoms with Gasteiger partial charge in [0.25, 0.3) is 0 Å². The number of hydrogen-bond donors (Lipinski definition) is 1. The number of nitrogens with one attached hydrogen (secondary N) is 1. The Hall–Kier alpha value is -1.16. The van der Waals surface area contributed by atoms with Crippen molar-refractivity contribution in [3.05, 3.63) is 18.0 Å². The minimum Gasteiger partial charge on any atom is -0.303 e. The van der Waals surface area contributed by atoms with Gasteiger partial charge in [0, 0.05) is 24.7 Å². The fraction of sp³-hybridized carbons (Fsp3) is 0.636. The Morgan fingerprint density at radius 3 is 2.73 bits per heavy atom. The second kappa shape index (κ2) is 3.77. The van der Waals surface area contributed by atoms with Gasteiger partial charge in [0.15, 0.2) is 0 Å². The summed E-state index contributed by atoms with van der Waals surface area (Å²) in [6.07, 6.45) is 4.00. The van der Waals surface area contributed by atoms with Gasteiger partial charge in [-0.25, -0.2) is 0 Å². The van der Waals surface area contributed by atoms with Crippen molar-refractivity contribution in [3.8, 4) is 0 Å². The third-order valence-electron chi connectivity index (χ3n) is 3.08. The first-order chi connectivity index (χ1) is 7.15. The second-order valence-electron chi connectivity index (χ2n) is 4.74. The van der Waals surface area contributed by atoms with E-state index in [2.05, 4.69) is 15.1 Å². The number of nitrogens with zero attached hydrogens (tertiary/aromatic N) is 2. The van der Waals surface area contributed by atoms with Gasteiger partial charge in [0.1, 0.15) is 6.29 Å². The summed E-state index contributed by atoms with van der Waals surface area (Å²) in [5.74, 6) is 0. The molecule has 2 heterocycles. The molecule has 4 nitrogen and oxygen atoms in total. The maximum Gasteiger partial charge on any atom is 0.127 e. The van der Waals surface area contributed by atoms with Crippen LogP contribution in [0.25, 0.3) is 0 Å². The molecule has 1 fully saturated rings. The number of likely N-dealkylation sites (tertiary alicyclic amines) is 1. The van der Waals surface area contributed by atoms with Crippen molar-refractivity contribution >= 4 is 6.29 Å². The van der Waals surface area contributed by atoms with Gasteiger partial charge >= 0.3 is 0 Å². The number of aromatic amines is 1. The van der Waals surface area contributed by atoms with Gasteiger partial charge in [-0.3, -0.25) is 10.00 Å². The van der Waals surface area contributed by atoms with Crippen molar-refractivity contribution in [1.82, 2.24) is 15.1 Å². The standard InChI is InChI=1S/C11H17N3O/c1-11(2,8-15)10(14-6-3-7-14)9-4-5-12-13-9/h4-5,8,10H,3,6-7H2,1-2H3,(H,12,13). The van der Waals surface area contributed by atoms with E-state index in [1.165, 1.54) is 6.42 Å². The summed E-state index contributed by atoms with van der Waals surface area (Å²) in [4.78, 5) is 13.5. The molecule has 0 aromatic carbocycles. The zero-order valence-electron chi connectivity index (χ0n) is 9.23. The van der Waals surface area contributed by atoms with E-state index in [4.69, 9.17) is 0 Å². The first-order valence-electron chi connectivity index (χ1n) is 5.35. The van der Waals surface area contributed by atoms with Gasteiger partial charge in [-0.15, -0.1) is 0 Å². The average molecular weight is 207 g/mol. The molecule has 1 saturated heterocycles. The lowest BCUT2D eigenvalue weighted by Gasteiger charge is -2.43. The van der Waals surface area contributed by atoms with Gasteiger partial charge in [0.2, 0.25) is 0 Å². The quantitative estimate of drug-likeness (QED) is 0.759. The maximum absolute atomic E-state index is 11.1. The van der Waals surface area contributed by atoms with Crippen LogP contribution in [-0.4, -0.2) is 34.5 Å². The number of rotatable bonds is 4. The van der Waals surface area contributed by atoms with E-state index >= 15 is 0 Å². The minimum absolute atomic E-state index is 0.131. The number of H-pyrrole nitrogens is 1. The van der Waals surface area contributed by atoms with Crippen molar-refractivity contribution in [1.29, 1.82) is 0 Å². The fourth-order valence-corrected chi connectivity index (χ4v) is 2.15. The van der Waals surface area contributed by atoms with Crippen LogP contribution in [0.2, 0.25) is 0 Å². The number of aromatic nitrogens is 2. The Kier molecular flexibility index (Phi) is 2.61. The van der Waals surface area contributed by atoms with Gasteiger partial charge in [-0.05, 0) is 12.5 Å². The topological polar surface area (TPSA) is 49.0 Å². The molecule has 0 aliphatic carbocycles. The van der Waals surface area contributed by atoms with Crippen LogP contribution in [0.1, 0.15) is 32.0 Å². The molecule has 0 bridgehead atoms. The molecule has 2 rings (SSSR count). The molecule has 1 N–H and O–H groups in total. The number of aldehydes is 1. The van der Waals surface area contributed by atoms with E-state index in [0.29, 0.717) is 0 Å². The number of carbonyl (C=O) groups excluding carboxylic acids is 1. The molecule has 1 unspecified atom stereocenters. The highest BCUT2D eigenvalue weighted by Crippen LogP contribution is 2.38. The number of hydrogen-bond acceptors (Lipinski definition) is 3. The summed E-state index contributed by atoms with van der Waals surface area (Å²) < 4.78 is 0. The highest BCUT2D eigenvalue weighted by molar-refractivity contribution is 5.60. The SMILES string of the molecule is CC(C)(C=O)C(c1ccn[nH]1)N1CCC1. The zero-order valence-corrected chi connectivity index (χ0v) is 9.23. The van der Waals surface area contributed by atoms with Crippen molar-refractivity contribution in [2.45, 2.75) is 26.3 Å². The summed E-state index contributed by atoms with van der Waals surface area (Å²) in [6, 6.07) is 2.08. The third-order valence-corrected chi connectivity index (χ3v) is 3.08. The summed E-state index contributed by atoms with van der Waals surface area (Å²) in [5.41, 5.74) is 0.666. The first-order valence-corrected chi connectivity index (χ1v) is 5.35. The molecule has 0 amide bonds. The molecule has 15 heavy (non-hydrogen) atoms. The second-order valence-corrected chi connectivity index (χ2v) is 4.74. The van der Waals surface area contributed by atoms with Gasteiger partial charge in [-0.2, -0.15) is 5.10 Å². The first kappa shape index (κ1) is 10.4. The average Bonchev–Trinajstić information content (AvgIpc) is 2.63. The number of carbonyl (C=O) groups is 1. The van der Waals surface area contributed by atoms with E-state index in [1.54, 1.807) is 6.20 Å². The molecule has 82 valence electrons. The molecule has 4 heteroatoms. The summed E-state index contributed by atoms with van der Waals surface area (Å²) >= 11 is 0. The van der Waals surface area contributed by atoms with Crippen molar-refractivity contribution in [3.63, 3.8) is 0 Å². The lowest BCUT2D eigenvalue weighted by Crippen LogP contribution is -2.46. The predicted octanol–water partition coefficient (Wildman–Crippen LogP) is 1.38. The van der Waals surface area contributed by atoms with Crippen molar-refractivity contribution in [2.75, 3.05) is 13.1 Å². The van der Waals surface area contributed by atoms with Crippen LogP contribution in [0.3, 0.4) is 0 Å². The van der Waals surface area contributed by atoms with Gasteiger partial charge in [-0.1, -0.05) is 13.8 Å². The summed E-state index contributed by atoms with van der Waals surface area (Å²) in [6.45, 7) is 6.09. The Labute approximate surface area is 89.7 Å². The zero-order chi connectivity index (χ0) is 10.9. The molecule has 1 aromatic heterocycles. The molecule has 1 atom stereocenters. The van der Waals surface area contributed by atoms with E-state index in [-0.39, 0.29) is 11.5 Å². The Morgan fingerprint density at radius 2 is 2.33 bits per heavy atom. The van der Waals surface area contributed by atoms with Crippen LogP contribution in [0, 0.1) is 5.41 Å². The molecule has 1 aliphatic heterocycles. The Morgan fingerprint density at radius 1 is 1.60 bits per heavy atom. The Balaban J connectivity index is 2.27. The van der Waals surface area contributed by atoms with E-state index < -0.39 is 0 Å². The van der Waals surface area contributed by atoms with Crippen LogP contribution in [0.15, 0.2) is 12.3 Å². The fourth-order valence-electron chi connectivity index (χ4n) is 2.15. The predicted molar refractivity (Wildman–Crippen MR) is 57.4 cm³/mol. The summed E-state index contributed by atoms with van der Waals surface area (Å²) in [7, 11) is 0. The minimum atomic E-state index is -0.368. The molecular formula is C11H17N3O. The van der Waals surface area contributed by atoms with E-state index in [0.717, 1.165) is 25.1 Å². The van der Waals surface area contributed by atoms with Crippen molar-refractivity contribution < 1.29 is 4.79 Å². The van der Waals surface area contributed by atoms with Crippen molar-refractivity contribution in [2.24, 2.45) is 5.41 Å².